The SMILES string of the molecule is CC(C)(C)[Si](OCCOCC1CC(=O)N(c2ccc([N+](=O)[O-])cc2)C1)(c1ccccc1)c1ccccc1. The number of carbonyl (C=O) groups excluding carboxylic acids is 1. The van der Waals surface area contributed by atoms with E-state index in [9.17, 15) is 14.9 Å². The number of non-ortho nitro benzene ring substituents is 1. The molecule has 7 nitrogen and oxygen atoms in total. The molecular formula is C29H34N2O5Si. The Morgan fingerprint density at radius 3 is 2.00 bits per heavy atom. The second-order valence-electron chi connectivity index (χ2n) is 10.4. The van der Waals surface area contributed by atoms with E-state index in [-0.39, 0.29) is 22.6 Å². The zero-order valence-electron chi connectivity index (χ0n) is 21.6. The third-order valence-electron chi connectivity index (χ3n) is 6.89. The fourth-order valence-corrected chi connectivity index (χ4v) is 9.71. The van der Waals surface area contributed by atoms with Crippen molar-refractivity contribution in [1.82, 2.24) is 0 Å². The molecule has 1 amide bonds. The Kier molecular flexibility index (Phi) is 8.21. The second kappa shape index (κ2) is 11.4. The number of benzene rings is 3. The Labute approximate surface area is 219 Å². The molecule has 1 unspecified atom stereocenters. The van der Waals surface area contributed by atoms with Crippen molar-refractivity contribution >= 4 is 36.0 Å². The summed E-state index contributed by atoms with van der Waals surface area (Å²) in [7, 11) is -2.60. The molecular weight excluding hydrogens is 484 g/mol. The van der Waals surface area contributed by atoms with Gasteiger partial charge in [0.1, 0.15) is 0 Å². The first-order valence-electron chi connectivity index (χ1n) is 12.6. The highest BCUT2D eigenvalue weighted by atomic mass is 28.4. The van der Waals surface area contributed by atoms with E-state index in [1.807, 2.05) is 12.1 Å². The van der Waals surface area contributed by atoms with Gasteiger partial charge in [-0.15, -0.1) is 0 Å². The zero-order valence-corrected chi connectivity index (χ0v) is 22.6. The summed E-state index contributed by atoms with van der Waals surface area (Å²) in [6.07, 6.45) is 0.395. The van der Waals surface area contributed by atoms with Crippen LogP contribution in [0.15, 0.2) is 84.9 Å². The number of rotatable bonds is 10. The quantitative estimate of drug-likeness (QED) is 0.170. The van der Waals surface area contributed by atoms with E-state index in [4.69, 9.17) is 9.16 Å². The van der Waals surface area contributed by atoms with Crippen LogP contribution in [0.2, 0.25) is 5.04 Å². The lowest BCUT2D eigenvalue weighted by Gasteiger charge is -2.43. The third-order valence-corrected chi connectivity index (χ3v) is 11.9. The number of nitro benzene ring substituents is 1. The van der Waals surface area contributed by atoms with Crippen LogP contribution in [-0.4, -0.2) is 45.5 Å². The van der Waals surface area contributed by atoms with Crippen LogP contribution in [0.4, 0.5) is 11.4 Å². The molecule has 0 N–H and O–H groups in total. The fraction of sp³-hybridized carbons (Fsp3) is 0.345. The van der Waals surface area contributed by atoms with Crippen molar-refractivity contribution in [1.29, 1.82) is 0 Å². The van der Waals surface area contributed by atoms with Crippen LogP contribution in [0.1, 0.15) is 27.2 Å². The molecule has 0 aliphatic carbocycles. The van der Waals surface area contributed by atoms with E-state index in [0.717, 1.165) is 0 Å². The van der Waals surface area contributed by atoms with Gasteiger partial charge in [0, 0.05) is 36.7 Å². The van der Waals surface area contributed by atoms with Crippen LogP contribution in [0.25, 0.3) is 0 Å². The number of nitro groups is 1. The van der Waals surface area contributed by atoms with Crippen molar-refractivity contribution in [2.24, 2.45) is 5.92 Å². The van der Waals surface area contributed by atoms with Gasteiger partial charge in [0.15, 0.2) is 0 Å². The molecule has 0 bridgehead atoms. The summed E-state index contributed by atoms with van der Waals surface area (Å²) < 4.78 is 12.9. The number of ether oxygens (including phenoxy) is 1. The first-order valence-corrected chi connectivity index (χ1v) is 14.5. The highest BCUT2D eigenvalue weighted by Gasteiger charge is 2.50. The van der Waals surface area contributed by atoms with Crippen molar-refractivity contribution < 1.29 is 18.9 Å². The number of amides is 1. The molecule has 1 saturated heterocycles. The van der Waals surface area contributed by atoms with Gasteiger partial charge in [-0.25, -0.2) is 0 Å². The molecule has 8 heteroatoms. The molecule has 3 aromatic carbocycles. The van der Waals surface area contributed by atoms with Crippen LogP contribution in [0.3, 0.4) is 0 Å². The first kappa shape index (κ1) is 26.7. The molecule has 0 aromatic heterocycles. The van der Waals surface area contributed by atoms with Gasteiger partial charge in [-0.05, 0) is 27.5 Å². The minimum Gasteiger partial charge on any atom is -0.405 e. The molecule has 37 heavy (non-hydrogen) atoms. The molecule has 0 radical (unpaired) electrons. The fourth-order valence-electron chi connectivity index (χ4n) is 5.16. The maximum atomic E-state index is 12.6. The average Bonchev–Trinajstić information content (AvgIpc) is 3.26. The third kappa shape index (κ3) is 5.82. The summed E-state index contributed by atoms with van der Waals surface area (Å²) in [5.41, 5.74) is 0.685. The Hall–Kier alpha value is -3.33. The van der Waals surface area contributed by atoms with Gasteiger partial charge in [0.2, 0.25) is 5.91 Å². The maximum absolute atomic E-state index is 12.6. The van der Waals surface area contributed by atoms with E-state index in [1.54, 1.807) is 17.0 Å². The summed E-state index contributed by atoms with van der Waals surface area (Å²) in [6.45, 7) is 8.63. The minimum absolute atomic E-state index is 0.00557. The summed E-state index contributed by atoms with van der Waals surface area (Å²) in [5, 5.41) is 13.3. The van der Waals surface area contributed by atoms with E-state index in [0.29, 0.717) is 38.5 Å². The molecule has 1 aliphatic heterocycles. The normalized spacial score (nSPS) is 16.2. The number of hydrogen-bond donors (Lipinski definition) is 0. The monoisotopic (exact) mass is 518 g/mol. The van der Waals surface area contributed by atoms with Crippen molar-refractivity contribution in [3.05, 3.63) is 95.0 Å². The van der Waals surface area contributed by atoms with Crippen LogP contribution < -0.4 is 15.3 Å². The van der Waals surface area contributed by atoms with Crippen molar-refractivity contribution in [3.8, 4) is 0 Å². The Bertz CT molecular complexity index is 1160. The van der Waals surface area contributed by atoms with Crippen molar-refractivity contribution in [2.75, 3.05) is 31.3 Å². The van der Waals surface area contributed by atoms with Crippen LogP contribution in [0.5, 0.6) is 0 Å². The van der Waals surface area contributed by atoms with Crippen LogP contribution in [-0.2, 0) is 14.0 Å². The molecule has 3 aromatic rings. The first-order chi connectivity index (χ1) is 17.7. The molecule has 1 aliphatic rings. The number of nitrogens with zero attached hydrogens (tertiary/aromatic N) is 2. The lowest BCUT2D eigenvalue weighted by atomic mass is 10.1. The Balaban J connectivity index is 1.38. The summed E-state index contributed by atoms with van der Waals surface area (Å²) in [4.78, 5) is 24.7. The van der Waals surface area contributed by atoms with Gasteiger partial charge < -0.3 is 14.1 Å². The van der Waals surface area contributed by atoms with E-state index in [1.165, 1.54) is 22.5 Å². The Morgan fingerprint density at radius 2 is 1.49 bits per heavy atom. The average molecular weight is 519 g/mol. The van der Waals surface area contributed by atoms with Crippen LogP contribution in [0, 0.1) is 16.0 Å². The van der Waals surface area contributed by atoms with E-state index >= 15 is 0 Å². The Morgan fingerprint density at radius 1 is 0.919 bits per heavy atom. The lowest BCUT2D eigenvalue weighted by Crippen LogP contribution is -2.66. The van der Waals surface area contributed by atoms with Gasteiger partial charge in [0.05, 0.1) is 24.7 Å². The minimum atomic E-state index is -2.60. The van der Waals surface area contributed by atoms with Gasteiger partial charge in [-0.1, -0.05) is 81.4 Å². The van der Waals surface area contributed by atoms with Gasteiger partial charge in [-0.3, -0.25) is 14.9 Å². The van der Waals surface area contributed by atoms with E-state index in [2.05, 4.69) is 69.3 Å². The molecule has 194 valence electrons. The zero-order chi connectivity index (χ0) is 26.5. The summed E-state index contributed by atoms with van der Waals surface area (Å²) >= 11 is 0. The molecule has 4 rings (SSSR count). The lowest BCUT2D eigenvalue weighted by molar-refractivity contribution is -0.384. The largest absolute Gasteiger partial charge is 0.405 e. The predicted octanol–water partition coefficient (Wildman–Crippen LogP) is 4.54. The van der Waals surface area contributed by atoms with Gasteiger partial charge in [0.25, 0.3) is 14.0 Å². The van der Waals surface area contributed by atoms with Gasteiger partial charge >= 0.3 is 0 Å². The van der Waals surface area contributed by atoms with Crippen molar-refractivity contribution in [2.45, 2.75) is 32.2 Å². The predicted molar refractivity (Wildman–Crippen MR) is 148 cm³/mol. The van der Waals surface area contributed by atoms with Crippen LogP contribution >= 0.6 is 0 Å². The molecule has 1 fully saturated rings. The summed E-state index contributed by atoms with van der Waals surface area (Å²) in [5.74, 6) is 0.0709. The molecule has 0 saturated carbocycles. The molecule has 0 spiro atoms. The number of anilines is 1. The second-order valence-corrected chi connectivity index (χ2v) is 14.7. The topological polar surface area (TPSA) is 81.9 Å². The van der Waals surface area contributed by atoms with E-state index < -0.39 is 13.2 Å². The smallest absolute Gasteiger partial charge is 0.269 e. The maximum Gasteiger partial charge on any atom is 0.269 e. The number of hydrogen-bond acceptors (Lipinski definition) is 5. The summed E-state index contributed by atoms with van der Waals surface area (Å²) in [6, 6.07) is 27.1. The molecule has 1 heterocycles. The van der Waals surface area contributed by atoms with Gasteiger partial charge in [-0.2, -0.15) is 0 Å². The highest BCUT2D eigenvalue weighted by molar-refractivity contribution is 6.99. The number of carbonyl (C=O) groups is 1. The van der Waals surface area contributed by atoms with Crippen molar-refractivity contribution in [3.63, 3.8) is 0 Å². The molecule has 1 atom stereocenters. The highest BCUT2D eigenvalue weighted by Crippen LogP contribution is 2.36. The standard InChI is InChI=1S/C29H34N2O5Si/c1-29(2,3)37(26-10-6-4-7-11-26,27-12-8-5-9-13-27)36-19-18-35-22-23-20-28(32)30(21-23)24-14-16-25(17-15-24)31(33)34/h4-17,23H,18-22H2,1-3H3.